The molecule has 4 nitrogen and oxygen atoms in total. The summed E-state index contributed by atoms with van der Waals surface area (Å²) in [6.45, 7) is 2.94. The van der Waals surface area contributed by atoms with E-state index in [1.807, 2.05) is 6.07 Å². The van der Waals surface area contributed by atoms with Crippen molar-refractivity contribution in [2.45, 2.75) is 38.1 Å². The van der Waals surface area contributed by atoms with Crippen LogP contribution in [0.25, 0.3) is 0 Å². The Kier molecular flexibility index (Phi) is 4.64. The van der Waals surface area contributed by atoms with E-state index in [-0.39, 0.29) is 5.91 Å². The summed E-state index contributed by atoms with van der Waals surface area (Å²) in [5, 5.41) is 15.4. The van der Waals surface area contributed by atoms with Crippen LogP contribution in [0.3, 0.4) is 0 Å². The number of hydrogen-bond acceptors (Lipinski definition) is 3. The van der Waals surface area contributed by atoms with Crippen molar-refractivity contribution in [3.63, 3.8) is 0 Å². The van der Waals surface area contributed by atoms with Crippen LogP contribution in [-0.4, -0.2) is 18.0 Å². The van der Waals surface area contributed by atoms with Crippen molar-refractivity contribution in [3.05, 3.63) is 28.8 Å². The number of carbonyl (C=O) groups is 1. The molecule has 1 aromatic carbocycles. The standard InChI is InChI=1S/C15H18ClN3O/c1-2-6-15(7-3-8-18-15)14(20)19-13-5-4-11(10-17)9-12(13)16/h4-5,9,18H,2-3,6-8H2,1H3,(H,19,20). The van der Waals surface area contributed by atoms with Gasteiger partial charge in [0, 0.05) is 0 Å². The number of anilines is 1. The fraction of sp³-hybridized carbons (Fsp3) is 0.467. The van der Waals surface area contributed by atoms with Crippen molar-refractivity contribution < 1.29 is 4.79 Å². The first-order chi connectivity index (χ1) is 9.61. The van der Waals surface area contributed by atoms with E-state index in [2.05, 4.69) is 17.6 Å². The van der Waals surface area contributed by atoms with Gasteiger partial charge in [-0.05, 0) is 44.0 Å². The molecule has 1 aliphatic heterocycles. The molecule has 1 fully saturated rings. The van der Waals surface area contributed by atoms with Gasteiger partial charge in [0.2, 0.25) is 5.91 Å². The van der Waals surface area contributed by atoms with Gasteiger partial charge in [-0.2, -0.15) is 5.26 Å². The molecule has 2 N–H and O–H groups in total. The number of halogens is 1. The molecule has 1 unspecified atom stereocenters. The molecule has 1 saturated heterocycles. The largest absolute Gasteiger partial charge is 0.323 e. The smallest absolute Gasteiger partial charge is 0.244 e. The van der Waals surface area contributed by atoms with Crippen LogP contribution >= 0.6 is 11.6 Å². The van der Waals surface area contributed by atoms with Crippen LogP contribution in [0.1, 0.15) is 38.2 Å². The molecule has 1 atom stereocenters. The highest BCUT2D eigenvalue weighted by molar-refractivity contribution is 6.33. The SMILES string of the molecule is CCCC1(C(=O)Nc2ccc(C#N)cc2Cl)CCCN1. The molecule has 1 amide bonds. The van der Waals surface area contributed by atoms with Crippen LogP contribution < -0.4 is 10.6 Å². The second kappa shape index (κ2) is 6.25. The van der Waals surface area contributed by atoms with Gasteiger partial charge in [0.1, 0.15) is 0 Å². The van der Waals surface area contributed by atoms with E-state index in [1.54, 1.807) is 18.2 Å². The van der Waals surface area contributed by atoms with Gasteiger partial charge in [-0.15, -0.1) is 0 Å². The highest BCUT2D eigenvalue weighted by Gasteiger charge is 2.40. The van der Waals surface area contributed by atoms with Crippen LogP contribution in [0.5, 0.6) is 0 Å². The number of amides is 1. The Balaban J connectivity index is 2.16. The summed E-state index contributed by atoms with van der Waals surface area (Å²) in [7, 11) is 0. The molecule has 0 saturated carbocycles. The highest BCUT2D eigenvalue weighted by Crippen LogP contribution is 2.29. The molecular formula is C15H18ClN3O. The van der Waals surface area contributed by atoms with Crippen molar-refractivity contribution in [2.24, 2.45) is 0 Å². The lowest BCUT2D eigenvalue weighted by Gasteiger charge is -2.28. The van der Waals surface area contributed by atoms with Gasteiger partial charge < -0.3 is 10.6 Å². The van der Waals surface area contributed by atoms with E-state index < -0.39 is 5.54 Å². The average Bonchev–Trinajstić information content (AvgIpc) is 2.91. The van der Waals surface area contributed by atoms with Crippen LogP contribution in [0.15, 0.2) is 18.2 Å². The zero-order valence-corrected chi connectivity index (χ0v) is 12.3. The van der Waals surface area contributed by atoms with Crippen molar-refractivity contribution in [2.75, 3.05) is 11.9 Å². The molecule has 20 heavy (non-hydrogen) atoms. The summed E-state index contributed by atoms with van der Waals surface area (Å²) in [6.07, 6.45) is 3.61. The normalized spacial score (nSPS) is 21.4. The molecular weight excluding hydrogens is 274 g/mol. The molecule has 0 bridgehead atoms. The second-order valence-electron chi connectivity index (χ2n) is 5.12. The highest BCUT2D eigenvalue weighted by atomic mass is 35.5. The van der Waals surface area contributed by atoms with Crippen LogP contribution in [0.2, 0.25) is 5.02 Å². The average molecular weight is 292 g/mol. The molecule has 0 radical (unpaired) electrons. The van der Waals surface area contributed by atoms with Gasteiger partial charge in [-0.3, -0.25) is 4.79 Å². The quantitative estimate of drug-likeness (QED) is 0.896. The molecule has 1 aliphatic rings. The predicted octanol–water partition coefficient (Wildman–Crippen LogP) is 3.07. The summed E-state index contributed by atoms with van der Waals surface area (Å²) < 4.78 is 0. The van der Waals surface area contributed by atoms with E-state index in [4.69, 9.17) is 16.9 Å². The van der Waals surface area contributed by atoms with E-state index in [9.17, 15) is 4.79 Å². The van der Waals surface area contributed by atoms with E-state index in [0.717, 1.165) is 32.2 Å². The second-order valence-corrected chi connectivity index (χ2v) is 5.53. The molecule has 0 spiro atoms. The zero-order chi connectivity index (χ0) is 14.6. The molecule has 0 aliphatic carbocycles. The number of benzene rings is 1. The Labute approximate surface area is 124 Å². The number of nitrogens with one attached hydrogen (secondary N) is 2. The van der Waals surface area contributed by atoms with Crippen LogP contribution in [-0.2, 0) is 4.79 Å². The fourth-order valence-electron chi connectivity index (χ4n) is 2.68. The Morgan fingerprint density at radius 2 is 2.40 bits per heavy atom. The monoisotopic (exact) mass is 291 g/mol. The maximum Gasteiger partial charge on any atom is 0.244 e. The molecule has 1 heterocycles. The molecule has 0 aromatic heterocycles. The van der Waals surface area contributed by atoms with Gasteiger partial charge >= 0.3 is 0 Å². The summed E-state index contributed by atoms with van der Waals surface area (Å²) in [5.41, 5.74) is 0.557. The molecule has 2 rings (SSSR count). The minimum atomic E-state index is -0.480. The van der Waals surface area contributed by atoms with Crippen molar-refractivity contribution in [1.29, 1.82) is 5.26 Å². The minimum Gasteiger partial charge on any atom is -0.323 e. The summed E-state index contributed by atoms with van der Waals surface area (Å²) in [6, 6.07) is 6.91. The van der Waals surface area contributed by atoms with Gasteiger partial charge in [-0.1, -0.05) is 24.9 Å². The van der Waals surface area contributed by atoms with Gasteiger partial charge in [0.25, 0.3) is 0 Å². The third-order valence-corrected chi connectivity index (χ3v) is 4.01. The maximum atomic E-state index is 12.5. The Morgan fingerprint density at radius 3 is 2.95 bits per heavy atom. The Morgan fingerprint density at radius 1 is 1.60 bits per heavy atom. The minimum absolute atomic E-state index is 0.0385. The number of rotatable bonds is 4. The lowest BCUT2D eigenvalue weighted by atomic mass is 9.90. The van der Waals surface area contributed by atoms with Crippen LogP contribution in [0.4, 0.5) is 5.69 Å². The summed E-state index contributed by atoms with van der Waals surface area (Å²) in [4.78, 5) is 12.5. The van der Waals surface area contributed by atoms with Crippen molar-refractivity contribution >= 4 is 23.2 Å². The zero-order valence-electron chi connectivity index (χ0n) is 11.5. The lowest BCUT2D eigenvalue weighted by Crippen LogP contribution is -2.50. The number of nitrogens with zero attached hydrogens (tertiary/aromatic N) is 1. The number of hydrogen-bond donors (Lipinski definition) is 2. The van der Waals surface area contributed by atoms with E-state index in [0.29, 0.717) is 16.3 Å². The van der Waals surface area contributed by atoms with Crippen molar-refractivity contribution in [3.8, 4) is 6.07 Å². The maximum absolute atomic E-state index is 12.5. The summed E-state index contributed by atoms with van der Waals surface area (Å²) >= 11 is 6.10. The Hall–Kier alpha value is -1.57. The topological polar surface area (TPSA) is 64.9 Å². The molecule has 106 valence electrons. The lowest BCUT2D eigenvalue weighted by molar-refractivity contribution is -0.122. The van der Waals surface area contributed by atoms with E-state index in [1.165, 1.54) is 0 Å². The van der Waals surface area contributed by atoms with Crippen molar-refractivity contribution in [1.82, 2.24) is 5.32 Å². The predicted molar refractivity (Wildman–Crippen MR) is 79.7 cm³/mol. The third kappa shape index (κ3) is 2.95. The van der Waals surface area contributed by atoms with Gasteiger partial charge in [-0.25, -0.2) is 0 Å². The van der Waals surface area contributed by atoms with Gasteiger partial charge in [0.05, 0.1) is 27.9 Å². The molecule has 1 aromatic rings. The summed E-state index contributed by atoms with van der Waals surface area (Å²) in [5.74, 6) is -0.0385. The first-order valence-corrected chi connectivity index (χ1v) is 7.25. The number of nitriles is 1. The third-order valence-electron chi connectivity index (χ3n) is 3.70. The van der Waals surface area contributed by atoms with E-state index >= 15 is 0 Å². The van der Waals surface area contributed by atoms with Gasteiger partial charge in [0.15, 0.2) is 0 Å². The first-order valence-electron chi connectivity index (χ1n) is 6.87. The van der Waals surface area contributed by atoms with Crippen LogP contribution in [0, 0.1) is 11.3 Å². The number of carbonyl (C=O) groups excluding carboxylic acids is 1. The molecule has 5 heteroatoms. The Bertz CT molecular complexity index is 545. The first kappa shape index (κ1) is 14.8. The fourth-order valence-corrected chi connectivity index (χ4v) is 2.91.